The maximum absolute atomic E-state index is 13.0. The Hall–Kier alpha value is -1.65. The number of nitrogens with one attached hydrogen (secondary N) is 1. The Kier molecular flexibility index (Phi) is 6.15. The zero-order chi connectivity index (χ0) is 18.6. The van der Waals surface area contributed by atoms with Crippen molar-refractivity contribution in [1.29, 1.82) is 0 Å². The van der Waals surface area contributed by atoms with Gasteiger partial charge in [0.2, 0.25) is 0 Å². The summed E-state index contributed by atoms with van der Waals surface area (Å²) in [5.41, 5.74) is 0.480. The monoisotopic (exact) mass is 357 g/mol. The van der Waals surface area contributed by atoms with Gasteiger partial charge in [-0.15, -0.1) is 0 Å². The Morgan fingerprint density at radius 1 is 1.35 bits per heavy atom. The minimum absolute atomic E-state index is 0.114. The molecule has 142 valence electrons. The molecule has 1 N–H and O–H groups in total. The SMILES string of the molecule is CC1COCCC1N[C@@H]1C=C[C@@](C(=O)OCc2ccccc2)(C(C)C)C1. The number of hydrogen-bond acceptors (Lipinski definition) is 4. The largest absolute Gasteiger partial charge is 0.460 e. The van der Waals surface area contributed by atoms with Crippen molar-refractivity contribution in [2.75, 3.05) is 13.2 Å². The van der Waals surface area contributed by atoms with Crippen LogP contribution in [-0.2, 0) is 20.9 Å². The molecule has 1 aromatic rings. The van der Waals surface area contributed by atoms with Gasteiger partial charge in [0.25, 0.3) is 0 Å². The lowest BCUT2D eigenvalue weighted by atomic mass is 9.76. The third-order valence-corrected chi connectivity index (χ3v) is 5.88. The van der Waals surface area contributed by atoms with Crippen molar-refractivity contribution < 1.29 is 14.3 Å². The second-order valence-electron chi connectivity index (χ2n) is 8.04. The van der Waals surface area contributed by atoms with E-state index in [4.69, 9.17) is 9.47 Å². The van der Waals surface area contributed by atoms with Gasteiger partial charge in [0.1, 0.15) is 6.61 Å². The average molecular weight is 357 g/mol. The lowest BCUT2D eigenvalue weighted by Crippen LogP contribution is -2.47. The summed E-state index contributed by atoms with van der Waals surface area (Å²) in [5, 5.41) is 3.73. The molecule has 0 bridgehead atoms. The van der Waals surface area contributed by atoms with E-state index in [0.29, 0.717) is 18.6 Å². The van der Waals surface area contributed by atoms with Gasteiger partial charge in [0.05, 0.1) is 12.0 Å². The minimum Gasteiger partial charge on any atom is -0.460 e. The molecule has 1 aromatic carbocycles. The molecule has 0 radical (unpaired) electrons. The van der Waals surface area contributed by atoms with E-state index in [0.717, 1.165) is 31.6 Å². The normalized spacial score (nSPS) is 31.3. The van der Waals surface area contributed by atoms with Crippen LogP contribution >= 0.6 is 0 Å². The predicted octanol–water partition coefficient (Wildman–Crippen LogP) is 3.72. The van der Waals surface area contributed by atoms with Crippen LogP contribution in [0.4, 0.5) is 0 Å². The van der Waals surface area contributed by atoms with E-state index in [-0.39, 0.29) is 17.9 Å². The molecule has 4 heteroatoms. The standard InChI is InChI=1S/C22H31NO3/c1-16(2)22(21(24)26-15-18-7-5-4-6-8-18)11-9-19(13-22)23-20-10-12-25-14-17(20)3/h4-9,11,16-17,19-20,23H,10,12-15H2,1-3H3/t17?,19-,20?,22+/m1/s1. The van der Waals surface area contributed by atoms with Crippen molar-refractivity contribution in [2.45, 2.75) is 52.3 Å². The Bertz CT molecular complexity index is 628. The van der Waals surface area contributed by atoms with Gasteiger partial charge in [-0.3, -0.25) is 4.79 Å². The third kappa shape index (κ3) is 4.18. The Morgan fingerprint density at radius 2 is 2.12 bits per heavy atom. The van der Waals surface area contributed by atoms with E-state index < -0.39 is 5.41 Å². The molecule has 0 aromatic heterocycles. The molecule has 0 saturated carbocycles. The average Bonchev–Trinajstić information content (AvgIpc) is 3.08. The van der Waals surface area contributed by atoms with Gasteiger partial charge in [-0.2, -0.15) is 0 Å². The molecule has 1 fully saturated rings. The van der Waals surface area contributed by atoms with Crippen LogP contribution in [0.15, 0.2) is 42.5 Å². The molecular formula is C22H31NO3. The highest BCUT2D eigenvalue weighted by Crippen LogP contribution is 2.41. The van der Waals surface area contributed by atoms with Crippen LogP contribution in [0.3, 0.4) is 0 Å². The highest BCUT2D eigenvalue weighted by atomic mass is 16.5. The lowest BCUT2D eigenvalue weighted by molar-refractivity contribution is -0.157. The van der Waals surface area contributed by atoms with Gasteiger partial charge >= 0.3 is 5.97 Å². The lowest BCUT2D eigenvalue weighted by Gasteiger charge is -2.34. The first kappa shape index (κ1) is 19.1. The number of benzene rings is 1. The molecule has 4 nitrogen and oxygen atoms in total. The van der Waals surface area contributed by atoms with Crippen LogP contribution in [-0.4, -0.2) is 31.3 Å². The molecular weight excluding hydrogens is 326 g/mol. The third-order valence-electron chi connectivity index (χ3n) is 5.88. The van der Waals surface area contributed by atoms with E-state index in [1.54, 1.807) is 0 Å². The fourth-order valence-electron chi connectivity index (χ4n) is 3.98. The van der Waals surface area contributed by atoms with Crippen molar-refractivity contribution in [1.82, 2.24) is 5.32 Å². The number of carbonyl (C=O) groups is 1. The Morgan fingerprint density at radius 3 is 2.81 bits per heavy atom. The Labute approximate surface area is 157 Å². The zero-order valence-electron chi connectivity index (χ0n) is 16.1. The Balaban J connectivity index is 1.61. The summed E-state index contributed by atoms with van der Waals surface area (Å²) in [4.78, 5) is 13.0. The number of ether oxygens (including phenoxy) is 2. The van der Waals surface area contributed by atoms with Gasteiger partial charge in [-0.05, 0) is 30.2 Å². The van der Waals surface area contributed by atoms with Gasteiger partial charge in [-0.1, -0.05) is 63.3 Å². The highest BCUT2D eigenvalue weighted by Gasteiger charge is 2.46. The van der Waals surface area contributed by atoms with Crippen molar-refractivity contribution in [3.8, 4) is 0 Å². The second-order valence-corrected chi connectivity index (χ2v) is 8.04. The summed E-state index contributed by atoms with van der Waals surface area (Å²) < 4.78 is 11.2. The predicted molar refractivity (Wildman–Crippen MR) is 103 cm³/mol. The fraction of sp³-hybridized carbons (Fsp3) is 0.591. The van der Waals surface area contributed by atoms with Crippen LogP contribution in [0.25, 0.3) is 0 Å². The summed E-state index contributed by atoms with van der Waals surface area (Å²) in [6, 6.07) is 10.5. The molecule has 3 rings (SSSR count). The summed E-state index contributed by atoms with van der Waals surface area (Å²) in [5.74, 6) is 0.578. The van der Waals surface area contributed by atoms with Gasteiger partial charge < -0.3 is 14.8 Å². The van der Waals surface area contributed by atoms with Crippen molar-refractivity contribution in [2.24, 2.45) is 17.3 Å². The molecule has 0 amide bonds. The highest BCUT2D eigenvalue weighted by molar-refractivity contribution is 5.80. The first-order chi connectivity index (χ1) is 12.5. The molecule has 2 unspecified atom stereocenters. The topological polar surface area (TPSA) is 47.6 Å². The van der Waals surface area contributed by atoms with E-state index in [2.05, 4.69) is 38.2 Å². The molecule has 26 heavy (non-hydrogen) atoms. The quantitative estimate of drug-likeness (QED) is 0.623. The van der Waals surface area contributed by atoms with Crippen LogP contribution < -0.4 is 5.32 Å². The number of esters is 1. The summed E-state index contributed by atoms with van der Waals surface area (Å²) in [7, 11) is 0. The molecule has 1 aliphatic carbocycles. The number of carbonyl (C=O) groups excluding carboxylic acids is 1. The van der Waals surface area contributed by atoms with Crippen molar-refractivity contribution in [3.63, 3.8) is 0 Å². The maximum atomic E-state index is 13.0. The van der Waals surface area contributed by atoms with Gasteiger partial charge in [0.15, 0.2) is 0 Å². The second kappa shape index (κ2) is 8.36. The van der Waals surface area contributed by atoms with E-state index in [1.807, 2.05) is 30.3 Å². The zero-order valence-corrected chi connectivity index (χ0v) is 16.1. The molecule has 1 saturated heterocycles. The van der Waals surface area contributed by atoms with Crippen LogP contribution in [0.2, 0.25) is 0 Å². The van der Waals surface area contributed by atoms with E-state index in [9.17, 15) is 4.79 Å². The van der Waals surface area contributed by atoms with E-state index in [1.165, 1.54) is 0 Å². The molecule has 4 atom stereocenters. The van der Waals surface area contributed by atoms with E-state index >= 15 is 0 Å². The van der Waals surface area contributed by atoms with Gasteiger partial charge in [0, 0.05) is 18.7 Å². The number of rotatable bonds is 6. The van der Waals surface area contributed by atoms with Gasteiger partial charge in [-0.25, -0.2) is 0 Å². The van der Waals surface area contributed by atoms with Crippen LogP contribution in [0.1, 0.15) is 39.2 Å². The minimum atomic E-state index is -0.541. The fourth-order valence-corrected chi connectivity index (χ4v) is 3.98. The first-order valence-corrected chi connectivity index (χ1v) is 9.75. The van der Waals surface area contributed by atoms with Crippen LogP contribution in [0.5, 0.6) is 0 Å². The molecule has 2 aliphatic rings. The number of hydrogen-bond donors (Lipinski definition) is 1. The van der Waals surface area contributed by atoms with Crippen molar-refractivity contribution in [3.05, 3.63) is 48.0 Å². The maximum Gasteiger partial charge on any atom is 0.316 e. The molecule has 1 heterocycles. The summed E-state index contributed by atoms with van der Waals surface area (Å²) in [6.45, 7) is 8.38. The van der Waals surface area contributed by atoms with Crippen LogP contribution in [0, 0.1) is 17.3 Å². The molecule has 1 aliphatic heterocycles. The summed E-state index contributed by atoms with van der Waals surface area (Å²) >= 11 is 0. The summed E-state index contributed by atoms with van der Waals surface area (Å²) in [6.07, 6.45) is 6.03. The first-order valence-electron chi connectivity index (χ1n) is 9.75. The van der Waals surface area contributed by atoms with Crippen molar-refractivity contribution >= 4 is 5.97 Å². The smallest absolute Gasteiger partial charge is 0.316 e. The molecule has 0 spiro atoms.